The number of amides is 1. The summed E-state index contributed by atoms with van der Waals surface area (Å²) in [4.78, 5) is 26.6. The highest BCUT2D eigenvalue weighted by molar-refractivity contribution is 6.31. The van der Waals surface area contributed by atoms with Gasteiger partial charge in [-0.15, -0.1) is 0 Å². The molecule has 3 heterocycles. The van der Waals surface area contributed by atoms with E-state index in [2.05, 4.69) is 9.97 Å². The van der Waals surface area contributed by atoms with Gasteiger partial charge in [-0.1, -0.05) is 23.7 Å². The van der Waals surface area contributed by atoms with Crippen LogP contribution in [0.25, 0.3) is 16.6 Å². The molecule has 0 saturated carbocycles. The van der Waals surface area contributed by atoms with Crippen molar-refractivity contribution < 1.29 is 14.3 Å². The van der Waals surface area contributed by atoms with Gasteiger partial charge in [0.15, 0.2) is 0 Å². The van der Waals surface area contributed by atoms with Crippen LogP contribution in [-0.4, -0.2) is 44.2 Å². The molecule has 0 aliphatic heterocycles. The summed E-state index contributed by atoms with van der Waals surface area (Å²) in [7, 11) is 1.67. The first kappa shape index (κ1) is 22.5. The van der Waals surface area contributed by atoms with Crippen molar-refractivity contribution in [2.75, 3.05) is 13.7 Å². The van der Waals surface area contributed by atoms with Crippen molar-refractivity contribution in [1.82, 2.24) is 24.4 Å². The standard InChI is InChI=1S/C24H24ClN5O3/c1-4-32-24(31)29(3)13-17-11-27-12-20(25)19(17)14-33-22-7-5-6-18-21(30-9-8-26-15-30)10-16(2)28-23(18)22/h5-12,15H,4,13-14H2,1-3H3. The molecule has 170 valence electrons. The van der Waals surface area contributed by atoms with Crippen LogP contribution in [0.15, 0.2) is 55.4 Å². The van der Waals surface area contributed by atoms with E-state index in [-0.39, 0.29) is 6.61 Å². The minimum atomic E-state index is -0.412. The number of rotatable bonds is 7. The highest BCUT2D eigenvalue weighted by Gasteiger charge is 2.16. The van der Waals surface area contributed by atoms with Gasteiger partial charge < -0.3 is 18.9 Å². The Hall–Kier alpha value is -3.65. The molecule has 0 fully saturated rings. The number of aromatic nitrogens is 4. The number of carbonyl (C=O) groups is 1. The van der Waals surface area contributed by atoms with Gasteiger partial charge in [-0.25, -0.2) is 14.8 Å². The van der Waals surface area contributed by atoms with Gasteiger partial charge in [0.1, 0.15) is 17.9 Å². The zero-order chi connectivity index (χ0) is 23.4. The lowest BCUT2D eigenvalue weighted by Gasteiger charge is -2.19. The summed E-state index contributed by atoms with van der Waals surface area (Å²) in [6.45, 7) is 4.51. The van der Waals surface area contributed by atoms with Crippen molar-refractivity contribution in [2.45, 2.75) is 27.0 Å². The molecule has 1 aromatic carbocycles. The first-order valence-corrected chi connectivity index (χ1v) is 10.9. The van der Waals surface area contributed by atoms with E-state index in [0.29, 0.717) is 23.9 Å². The minimum Gasteiger partial charge on any atom is -0.487 e. The quantitative estimate of drug-likeness (QED) is 0.384. The fraction of sp³-hybridized carbons (Fsp3) is 0.250. The molecule has 0 unspecified atom stereocenters. The average molecular weight is 466 g/mol. The van der Waals surface area contributed by atoms with E-state index in [4.69, 9.17) is 26.1 Å². The maximum absolute atomic E-state index is 12.0. The summed E-state index contributed by atoms with van der Waals surface area (Å²) in [6, 6.07) is 7.82. The lowest BCUT2D eigenvalue weighted by atomic mass is 10.1. The van der Waals surface area contributed by atoms with Crippen LogP contribution < -0.4 is 4.74 Å². The Morgan fingerprint density at radius 3 is 2.85 bits per heavy atom. The van der Waals surface area contributed by atoms with Gasteiger partial charge in [0.05, 0.1) is 30.2 Å². The summed E-state index contributed by atoms with van der Waals surface area (Å²) < 4.78 is 13.2. The number of benzene rings is 1. The second kappa shape index (κ2) is 9.87. The Morgan fingerprint density at radius 2 is 2.09 bits per heavy atom. The highest BCUT2D eigenvalue weighted by Crippen LogP contribution is 2.31. The summed E-state index contributed by atoms with van der Waals surface area (Å²) in [5, 5.41) is 1.41. The van der Waals surface area contributed by atoms with Gasteiger partial charge in [-0.05, 0) is 31.5 Å². The van der Waals surface area contributed by atoms with Crippen molar-refractivity contribution in [2.24, 2.45) is 0 Å². The molecular weight excluding hydrogens is 442 g/mol. The number of halogens is 1. The van der Waals surface area contributed by atoms with Crippen molar-refractivity contribution in [3.05, 3.63) is 77.2 Å². The van der Waals surface area contributed by atoms with E-state index in [1.165, 1.54) is 4.90 Å². The third-order valence-corrected chi connectivity index (χ3v) is 5.47. The maximum Gasteiger partial charge on any atom is 0.409 e. The van der Waals surface area contributed by atoms with E-state index in [0.717, 1.165) is 33.4 Å². The van der Waals surface area contributed by atoms with Crippen molar-refractivity contribution in [1.29, 1.82) is 0 Å². The summed E-state index contributed by atoms with van der Waals surface area (Å²) >= 11 is 6.45. The van der Waals surface area contributed by atoms with Crippen molar-refractivity contribution >= 4 is 28.6 Å². The smallest absolute Gasteiger partial charge is 0.409 e. The highest BCUT2D eigenvalue weighted by atomic mass is 35.5. The third-order valence-electron chi connectivity index (χ3n) is 5.14. The van der Waals surface area contributed by atoms with Gasteiger partial charge in [0.2, 0.25) is 0 Å². The number of hydrogen-bond acceptors (Lipinski definition) is 6. The SMILES string of the molecule is CCOC(=O)N(C)Cc1cncc(Cl)c1COc1cccc2c(-n3ccnc3)cc(C)nc12. The van der Waals surface area contributed by atoms with Crippen LogP contribution in [0.1, 0.15) is 23.7 Å². The molecule has 0 atom stereocenters. The molecule has 0 N–H and O–H groups in total. The second-order valence-corrected chi connectivity index (χ2v) is 7.91. The number of pyridine rings is 2. The molecule has 0 spiro atoms. The van der Waals surface area contributed by atoms with Crippen molar-refractivity contribution in [3.63, 3.8) is 0 Å². The van der Waals surface area contributed by atoms with Gasteiger partial charge in [-0.2, -0.15) is 0 Å². The molecule has 0 aliphatic carbocycles. The van der Waals surface area contributed by atoms with E-state index >= 15 is 0 Å². The van der Waals surface area contributed by atoms with Crippen LogP contribution in [0, 0.1) is 6.92 Å². The Morgan fingerprint density at radius 1 is 1.24 bits per heavy atom. The van der Waals surface area contributed by atoms with E-state index < -0.39 is 6.09 Å². The molecule has 8 nitrogen and oxygen atoms in total. The minimum absolute atomic E-state index is 0.197. The number of aryl methyl sites for hydroxylation is 1. The normalized spacial score (nSPS) is 10.9. The van der Waals surface area contributed by atoms with Crippen LogP contribution in [-0.2, 0) is 17.9 Å². The van der Waals surface area contributed by atoms with E-state index in [1.807, 2.05) is 42.0 Å². The number of fused-ring (bicyclic) bond motifs is 1. The number of hydrogen-bond donors (Lipinski definition) is 0. The van der Waals surface area contributed by atoms with Crippen LogP contribution in [0.2, 0.25) is 5.02 Å². The van der Waals surface area contributed by atoms with Gasteiger partial charge in [-0.3, -0.25) is 4.98 Å². The molecule has 0 saturated heterocycles. The molecule has 0 radical (unpaired) electrons. The molecule has 0 bridgehead atoms. The van der Waals surface area contributed by atoms with E-state index in [1.54, 1.807) is 38.9 Å². The fourth-order valence-corrected chi connectivity index (χ4v) is 3.80. The number of carbonyl (C=O) groups excluding carboxylic acids is 1. The molecule has 4 rings (SSSR count). The first-order valence-electron chi connectivity index (χ1n) is 10.5. The van der Waals surface area contributed by atoms with Crippen LogP contribution in [0.5, 0.6) is 5.75 Å². The van der Waals surface area contributed by atoms with Gasteiger partial charge in [0, 0.05) is 48.5 Å². The molecule has 1 amide bonds. The fourth-order valence-electron chi connectivity index (χ4n) is 3.56. The van der Waals surface area contributed by atoms with Crippen LogP contribution in [0.3, 0.4) is 0 Å². The first-order chi connectivity index (χ1) is 16.0. The molecule has 9 heteroatoms. The van der Waals surface area contributed by atoms with Crippen LogP contribution >= 0.6 is 11.6 Å². The largest absolute Gasteiger partial charge is 0.487 e. The lowest BCUT2D eigenvalue weighted by molar-refractivity contribution is 0.114. The maximum atomic E-state index is 12.0. The number of nitrogens with zero attached hydrogens (tertiary/aromatic N) is 5. The third kappa shape index (κ3) is 4.90. The Kier molecular flexibility index (Phi) is 6.74. The van der Waals surface area contributed by atoms with Gasteiger partial charge in [0.25, 0.3) is 0 Å². The summed E-state index contributed by atoms with van der Waals surface area (Å²) in [5.41, 5.74) is 4.11. The Labute approximate surface area is 196 Å². The van der Waals surface area contributed by atoms with E-state index in [9.17, 15) is 4.79 Å². The number of ether oxygens (including phenoxy) is 2. The topological polar surface area (TPSA) is 82.4 Å². The Bertz CT molecular complexity index is 1280. The number of imidazole rings is 1. The van der Waals surface area contributed by atoms with Crippen LogP contribution in [0.4, 0.5) is 4.79 Å². The predicted molar refractivity (Wildman–Crippen MR) is 126 cm³/mol. The summed E-state index contributed by atoms with van der Waals surface area (Å²) in [6.07, 6.45) is 8.22. The zero-order valence-corrected chi connectivity index (χ0v) is 19.4. The molecule has 33 heavy (non-hydrogen) atoms. The van der Waals surface area contributed by atoms with Gasteiger partial charge >= 0.3 is 6.09 Å². The second-order valence-electron chi connectivity index (χ2n) is 7.51. The number of para-hydroxylation sites is 1. The van der Waals surface area contributed by atoms with Crippen molar-refractivity contribution in [3.8, 4) is 11.4 Å². The molecule has 0 aliphatic rings. The average Bonchev–Trinajstić information content (AvgIpc) is 3.33. The summed E-state index contributed by atoms with van der Waals surface area (Å²) in [5.74, 6) is 0.634. The predicted octanol–water partition coefficient (Wildman–Crippen LogP) is 4.94. The molecular formula is C24H24ClN5O3. The lowest BCUT2D eigenvalue weighted by Crippen LogP contribution is -2.27. The Balaban J connectivity index is 1.64. The molecule has 3 aromatic heterocycles. The zero-order valence-electron chi connectivity index (χ0n) is 18.7. The molecule has 4 aromatic rings. The monoisotopic (exact) mass is 465 g/mol.